The minimum atomic E-state index is -4.23. The van der Waals surface area contributed by atoms with Crippen molar-refractivity contribution in [3.63, 3.8) is 0 Å². The highest BCUT2D eigenvalue weighted by atomic mass is 32.2. The van der Waals surface area contributed by atoms with Gasteiger partial charge in [0, 0.05) is 18.5 Å². The molecule has 1 atom stereocenters. The van der Waals surface area contributed by atoms with E-state index in [1.165, 1.54) is 17.0 Å². The van der Waals surface area contributed by atoms with Crippen LogP contribution in [0.1, 0.15) is 44.4 Å². The largest absolute Gasteiger partial charge is 0.492 e. The number of hydrogen-bond acceptors (Lipinski definition) is 5. The Bertz CT molecular complexity index is 1720. The Morgan fingerprint density at radius 1 is 0.826 bits per heavy atom. The second-order valence-corrected chi connectivity index (χ2v) is 14.0. The monoisotopic (exact) mass is 641 g/mol. The van der Waals surface area contributed by atoms with Crippen LogP contribution in [0.3, 0.4) is 0 Å². The molecule has 0 spiro atoms. The third-order valence-corrected chi connectivity index (χ3v) is 9.19. The van der Waals surface area contributed by atoms with Crippen molar-refractivity contribution in [2.75, 3.05) is 17.5 Å². The van der Waals surface area contributed by atoms with Crippen LogP contribution >= 0.6 is 0 Å². The highest BCUT2D eigenvalue weighted by Gasteiger charge is 2.36. The second-order valence-electron chi connectivity index (χ2n) is 12.1. The van der Waals surface area contributed by atoms with Crippen molar-refractivity contribution in [2.45, 2.75) is 64.1 Å². The Kier molecular flexibility index (Phi) is 11.2. The van der Waals surface area contributed by atoms with Gasteiger partial charge in [0.2, 0.25) is 11.8 Å². The van der Waals surface area contributed by atoms with Crippen LogP contribution in [0.25, 0.3) is 0 Å². The number of para-hydroxylation sites is 2. The van der Waals surface area contributed by atoms with Gasteiger partial charge in [0.1, 0.15) is 18.3 Å². The predicted molar refractivity (Wildman–Crippen MR) is 182 cm³/mol. The highest BCUT2D eigenvalue weighted by molar-refractivity contribution is 7.92. The van der Waals surface area contributed by atoms with Crippen LogP contribution in [0.15, 0.2) is 114 Å². The van der Waals surface area contributed by atoms with E-state index in [0.717, 1.165) is 21.0 Å². The summed E-state index contributed by atoms with van der Waals surface area (Å²) in [5, 5.41) is 3.06. The molecule has 2 amide bonds. The molecule has 1 N–H and O–H groups in total. The Morgan fingerprint density at radius 3 is 2.04 bits per heavy atom. The van der Waals surface area contributed by atoms with Gasteiger partial charge >= 0.3 is 0 Å². The molecule has 9 heteroatoms. The molecule has 4 aromatic carbocycles. The molecular weight excluding hydrogens is 598 g/mol. The van der Waals surface area contributed by atoms with Crippen LogP contribution in [-0.4, -0.2) is 49.9 Å². The molecule has 0 aromatic heterocycles. The van der Waals surface area contributed by atoms with Crippen molar-refractivity contribution in [3.05, 3.63) is 126 Å². The Hall–Kier alpha value is -4.63. The fourth-order valence-electron chi connectivity index (χ4n) is 5.15. The number of anilines is 1. The summed E-state index contributed by atoms with van der Waals surface area (Å²) < 4.78 is 35.4. The Morgan fingerprint density at radius 2 is 1.41 bits per heavy atom. The van der Waals surface area contributed by atoms with Gasteiger partial charge in [-0.05, 0) is 75.6 Å². The number of carbonyl (C=O) groups is 2. The summed E-state index contributed by atoms with van der Waals surface area (Å²) in [5.74, 6) is -0.529. The van der Waals surface area contributed by atoms with Gasteiger partial charge in [-0.25, -0.2) is 8.42 Å². The Labute approximate surface area is 273 Å². The third kappa shape index (κ3) is 8.75. The maximum atomic E-state index is 14.7. The first-order valence-corrected chi connectivity index (χ1v) is 16.8. The minimum absolute atomic E-state index is 0.0332. The van der Waals surface area contributed by atoms with Gasteiger partial charge in [0.25, 0.3) is 10.0 Å². The lowest BCUT2D eigenvalue weighted by molar-refractivity contribution is -0.140. The number of sulfonamides is 1. The van der Waals surface area contributed by atoms with Crippen LogP contribution in [0.4, 0.5) is 5.69 Å². The van der Waals surface area contributed by atoms with E-state index >= 15 is 0 Å². The number of aryl methyl sites for hydroxylation is 1. The average molecular weight is 642 g/mol. The summed E-state index contributed by atoms with van der Waals surface area (Å²) >= 11 is 0. The zero-order chi connectivity index (χ0) is 33.3. The maximum absolute atomic E-state index is 14.7. The number of rotatable bonds is 13. The van der Waals surface area contributed by atoms with Crippen LogP contribution in [-0.2, 0) is 32.6 Å². The molecule has 0 saturated carbocycles. The van der Waals surface area contributed by atoms with Crippen molar-refractivity contribution < 1.29 is 22.7 Å². The molecular formula is C37H43N3O5S. The lowest BCUT2D eigenvalue weighted by Crippen LogP contribution is -2.56. The van der Waals surface area contributed by atoms with E-state index in [4.69, 9.17) is 4.74 Å². The first-order valence-electron chi connectivity index (χ1n) is 15.4. The molecule has 4 aromatic rings. The van der Waals surface area contributed by atoms with E-state index < -0.39 is 34.1 Å². The number of carbonyl (C=O) groups excluding carboxylic acids is 2. The number of ether oxygens (including phenoxy) is 1. The summed E-state index contributed by atoms with van der Waals surface area (Å²) in [6.07, 6.45) is 0.237. The van der Waals surface area contributed by atoms with E-state index in [1.54, 1.807) is 42.5 Å². The van der Waals surface area contributed by atoms with Crippen LogP contribution in [0.2, 0.25) is 0 Å². The molecule has 0 aliphatic rings. The number of nitrogens with zero attached hydrogens (tertiary/aromatic N) is 2. The van der Waals surface area contributed by atoms with Crippen molar-refractivity contribution >= 4 is 27.5 Å². The number of benzene rings is 4. The molecule has 0 heterocycles. The lowest BCUT2D eigenvalue weighted by Gasteiger charge is -2.35. The summed E-state index contributed by atoms with van der Waals surface area (Å²) in [6.45, 7) is 9.27. The molecule has 8 nitrogen and oxygen atoms in total. The Balaban J connectivity index is 1.85. The lowest BCUT2D eigenvalue weighted by atomic mass is 10.00. The van der Waals surface area contributed by atoms with E-state index in [-0.39, 0.29) is 29.5 Å². The molecule has 4 rings (SSSR count). The standard InChI is InChI=1S/C37H43N3O5S/c1-6-45-34-24-16-15-23-32(34)40(46(43,44)31-21-11-8-12-22-31)27-35(41)39(26-30-20-14-13-17-28(30)2)33(36(42)38-37(3,4)5)25-29-18-9-7-10-19-29/h7-24,33H,6,25-27H2,1-5H3,(H,38,42). The molecule has 0 saturated heterocycles. The van der Waals surface area contributed by atoms with Crippen LogP contribution < -0.4 is 14.4 Å². The predicted octanol–water partition coefficient (Wildman–Crippen LogP) is 6.14. The molecule has 0 radical (unpaired) electrons. The van der Waals surface area contributed by atoms with Gasteiger partial charge in [0.15, 0.2) is 0 Å². The van der Waals surface area contributed by atoms with Gasteiger partial charge in [-0.3, -0.25) is 13.9 Å². The van der Waals surface area contributed by atoms with Gasteiger partial charge in [0.05, 0.1) is 17.2 Å². The van der Waals surface area contributed by atoms with Crippen molar-refractivity contribution in [3.8, 4) is 5.75 Å². The minimum Gasteiger partial charge on any atom is -0.492 e. The number of hydrogen-bond donors (Lipinski definition) is 1. The SMILES string of the molecule is CCOc1ccccc1N(CC(=O)N(Cc1ccccc1C)C(Cc1ccccc1)C(=O)NC(C)(C)C)S(=O)(=O)c1ccccc1. The van der Waals surface area contributed by atoms with Crippen molar-refractivity contribution in [1.29, 1.82) is 0 Å². The molecule has 1 unspecified atom stereocenters. The van der Waals surface area contributed by atoms with E-state index in [2.05, 4.69) is 5.32 Å². The van der Waals surface area contributed by atoms with Crippen LogP contribution in [0, 0.1) is 6.92 Å². The quantitative estimate of drug-likeness (QED) is 0.189. The third-order valence-electron chi connectivity index (χ3n) is 7.42. The van der Waals surface area contributed by atoms with E-state index in [1.807, 2.05) is 89.2 Å². The fraction of sp³-hybridized carbons (Fsp3) is 0.297. The first-order chi connectivity index (χ1) is 21.9. The normalized spacial score (nSPS) is 12.2. The van der Waals surface area contributed by atoms with E-state index in [9.17, 15) is 18.0 Å². The summed E-state index contributed by atoms with van der Waals surface area (Å²) in [7, 11) is -4.23. The molecule has 0 fully saturated rings. The highest BCUT2D eigenvalue weighted by Crippen LogP contribution is 2.33. The van der Waals surface area contributed by atoms with Crippen molar-refractivity contribution in [1.82, 2.24) is 10.2 Å². The second kappa shape index (κ2) is 15.1. The van der Waals surface area contributed by atoms with Gasteiger partial charge in [-0.15, -0.1) is 0 Å². The molecule has 46 heavy (non-hydrogen) atoms. The van der Waals surface area contributed by atoms with E-state index in [0.29, 0.717) is 12.4 Å². The zero-order valence-electron chi connectivity index (χ0n) is 27.1. The molecule has 0 aliphatic heterocycles. The van der Waals surface area contributed by atoms with Gasteiger partial charge in [-0.2, -0.15) is 0 Å². The van der Waals surface area contributed by atoms with Crippen LogP contribution in [0.5, 0.6) is 5.75 Å². The van der Waals surface area contributed by atoms with Gasteiger partial charge < -0.3 is 15.0 Å². The maximum Gasteiger partial charge on any atom is 0.264 e. The number of amides is 2. The fourth-order valence-corrected chi connectivity index (χ4v) is 6.60. The summed E-state index contributed by atoms with van der Waals surface area (Å²) in [5.41, 5.74) is 2.34. The molecule has 0 bridgehead atoms. The molecule has 242 valence electrons. The summed E-state index contributed by atoms with van der Waals surface area (Å²) in [6, 6.07) is 31.0. The molecule has 0 aliphatic carbocycles. The average Bonchev–Trinajstić information content (AvgIpc) is 3.03. The smallest absolute Gasteiger partial charge is 0.264 e. The topological polar surface area (TPSA) is 96.0 Å². The zero-order valence-corrected chi connectivity index (χ0v) is 28.0. The van der Waals surface area contributed by atoms with Crippen molar-refractivity contribution in [2.24, 2.45) is 0 Å². The van der Waals surface area contributed by atoms with Gasteiger partial charge in [-0.1, -0.05) is 84.9 Å². The number of nitrogens with one attached hydrogen (secondary N) is 1. The first kappa shape index (κ1) is 34.2. The summed E-state index contributed by atoms with van der Waals surface area (Å²) in [4.78, 5) is 30.3.